The Hall–Kier alpha value is -0.210. The highest BCUT2D eigenvalue weighted by Crippen LogP contribution is 2.19. The molecule has 0 unspecified atom stereocenters. The molecule has 2 atom stereocenters. The molecular formula is C12H24N2O4S. The number of hydrogen-bond acceptors (Lipinski definition) is 6. The summed E-state index contributed by atoms with van der Waals surface area (Å²) in [7, 11) is -1.21. The van der Waals surface area contributed by atoms with E-state index in [1.165, 1.54) is 0 Å². The third-order valence-corrected chi connectivity index (χ3v) is 5.71. The van der Waals surface area contributed by atoms with Crippen LogP contribution in [0.5, 0.6) is 0 Å². The molecule has 0 aliphatic carbocycles. The van der Waals surface area contributed by atoms with E-state index >= 15 is 0 Å². The Morgan fingerprint density at radius 3 is 2.53 bits per heavy atom. The average Bonchev–Trinajstić information content (AvgIpc) is 2.71. The number of nitrogens with zero attached hydrogens (tertiary/aromatic N) is 2. The number of sulfone groups is 1. The quantitative estimate of drug-likeness (QED) is 0.686. The molecule has 7 heteroatoms. The largest absolute Gasteiger partial charge is 0.389 e. The van der Waals surface area contributed by atoms with Crippen molar-refractivity contribution >= 4 is 9.84 Å². The molecule has 0 bridgehead atoms. The summed E-state index contributed by atoms with van der Waals surface area (Å²) in [5.41, 5.74) is 0. The summed E-state index contributed by atoms with van der Waals surface area (Å²) in [5.74, 6) is 0.656. The van der Waals surface area contributed by atoms with Crippen LogP contribution in [0.4, 0.5) is 0 Å². The second kappa shape index (κ2) is 6.49. The number of ether oxygens (including phenoxy) is 1. The van der Waals surface area contributed by atoms with Crippen LogP contribution < -0.4 is 0 Å². The van der Waals surface area contributed by atoms with Gasteiger partial charge in [0, 0.05) is 45.9 Å². The maximum Gasteiger partial charge on any atom is 0.151 e. The van der Waals surface area contributed by atoms with Gasteiger partial charge in [0.25, 0.3) is 0 Å². The van der Waals surface area contributed by atoms with Crippen molar-refractivity contribution in [3.05, 3.63) is 0 Å². The lowest BCUT2D eigenvalue weighted by Crippen LogP contribution is -2.52. The van der Waals surface area contributed by atoms with Crippen LogP contribution in [0.3, 0.4) is 0 Å². The second-order valence-electron chi connectivity index (χ2n) is 5.50. The number of β-amino-alcohol motifs (C(OH)–C–C–N with tert-alkyl or cyclic N) is 1. The lowest BCUT2D eigenvalue weighted by atomic mass is 10.2. The van der Waals surface area contributed by atoms with Crippen molar-refractivity contribution in [1.29, 1.82) is 0 Å². The summed E-state index contributed by atoms with van der Waals surface area (Å²) in [6.07, 6.45) is 0.331. The zero-order chi connectivity index (χ0) is 13.9. The van der Waals surface area contributed by atoms with Crippen molar-refractivity contribution in [3.63, 3.8) is 0 Å². The van der Waals surface area contributed by atoms with Crippen molar-refractivity contribution in [2.75, 3.05) is 57.9 Å². The normalized spacial score (nSPS) is 30.5. The standard InChI is InChI=1S/C12H24N2O4S/c1-18-9-12(15)8-13-3-5-14(6-4-13)11-2-7-19(16,17)10-11/h11-12,15H,2-10H2,1H3/t11-,12-/m0/s1. The van der Waals surface area contributed by atoms with E-state index in [2.05, 4.69) is 9.80 Å². The van der Waals surface area contributed by atoms with Crippen molar-refractivity contribution < 1.29 is 18.3 Å². The van der Waals surface area contributed by atoms with Gasteiger partial charge in [0.2, 0.25) is 0 Å². The van der Waals surface area contributed by atoms with Gasteiger partial charge in [-0.3, -0.25) is 9.80 Å². The van der Waals surface area contributed by atoms with Crippen molar-refractivity contribution in [3.8, 4) is 0 Å². The molecular weight excluding hydrogens is 268 g/mol. The Balaban J connectivity index is 1.74. The molecule has 112 valence electrons. The number of aliphatic hydroxyl groups is 1. The maximum absolute atomic E-state index is 11.5. The Labute approximate surface area is 115 Å². The molecule has 0 saturated carbocycles. The molecule has 0 aromatic rings. The summed E-state index contributed by atoms with van der Waals surface area (Å²) in [4.78, 5) is 4.49. The molecule has 6 nitrogen and oxygen atoms in total. The molecule has 19 heavy (non-hydrogen) atoms. The van der Waals surface area contributed by atoms with Gasteiger partial charge in [-0.2, -0.15) is 0 Å². The van der Waals surface area contributed by atoms with Gasteiger partial charge in [0.15, 0.2) is 9.84 Å². The van der Waals surface area contributed by atoms with Gasteiger partial charge in [0.1, 0.15) is 0 Å². The fraction of sp³-hybridized carbons (Fsp3) is 1.00. The summed E-state index contributed by atoms with van der Waals surface area (Å²) in [6.45, 7) is 4.54. The Morgan fingerprint density at radius 2 is 2.00 bits per heavy atom. The smallest absolute Gasteiger partial charge is 0.151 e. The van der Waals surface area contributed by atoms with E-state index in [-0.39, 0.29) is 6.04 Å². The predicted molar refractivity (Wildman–Crippen MR) is 73.0 cm³/mol. The predicted octanol–water partition coefficient (Wildman–Crippen LogP) is -1.20. The van der Waals surface area contributed by atoms with Crippen molar-refractivity contribution in [1.82, 2.24) is 9.80 Å². The molecule has 2 rings (SSSR count). The Morgan fingerprint density at radius 1 is 1.32 bits per heavy atom. The van der Waals surface area contributed by atoms with Gasteiger partial charge in [-0.05, 0) is 6.42 Å². The van der Waals surface area contributed by atoms with Gasteiger partial charge in [-0.1, -0.05) is 0 Å². The minimum absolute atomic E-state index is 0.205. The zero-order valence-electron chi connectivity index (χ0n) is 11.5. The van der Waals surface area contributed by atoms with Gasteiger partial charge in [-0.25, -0.2) is 8.42 Å². The molecule has 2 saturated heterocycles. The maximum atomic E-state index is 11.5. The first-order valence-corrected chi connectivity index (χ1v) is 8.66. The average molecular weight is 292 g/mol. The third-order valence-electron chi connectivity index (χ3n) is 3.96. The van der Waals surface area contributed by atoms with E-state index in [9.17, 15) is 13.5 Å². The van der Waals surface area contributed by atoms with Crippen molar-refractivity contribution in [2.24, 2.45) is 0 Å². The number of hydrogen-bond donors (Lipinski definition) is 1. The third kappa shape index (κ3) is 4.39. The monoisotopic (exact) mass is 292 g/mol. The summed E-state index contributed by atoms with van der Waals surface area (Å²) in [6, 6.07) is 0.205. The van der Waals surface area contributed by atoms with Gasteiger partial charge in [0.05, 0.1) is 24.2 Å². The first kappa shape index (κ1) is 15.2. The molecule has 0 amide bonds. The molecule has 0 radical (unpaired) electrons. The van der Waals surface area contributed by atoms with Gasteiger partial charge in [-0.15, -0.1) is 0 Å². The van der Waals surface area contributed by atoms with Crippen LogP contribution in [0.1, 0.15) is 6.42 Å². The fourth-order valence-electron chi connectivity index (χ4n) is 2.92. The fourth-order valence-corrected chi connectivity index (χ4v) is 4.68. The van der Waals surface area contributed by atoms with Crippen molar-refractivity contribution in [2.45, 2.75) is 18.6 Å². The van der Waals surface area contributed by atoms with Crippen LogP contribution in [-0.2, 0) is 14.6 Å². The highest BCUT2D eigenvalue weighted by atomic mass is 32.2. The topological polar surface area (TPSA) is 70.1 Å². The summed E-state index contributed by atoms with van der Waals surface area (Å²) in [5, 5.41) is 9.69. The van der Waals surface area contributed by atoms with E-state index in [1.54, 1.807) is 7.11 Å². The van der Waals surface area contributed by atoms with Gasteiger partial charge >= 0.3 is 0 Å². The highest BCUT2D eigenvalue weighted by molar-refractivity contribution is 7.91. The molecule has 0 spiro atoms. The Kier molecular flexibility index (Phi) is 5.19. The van der Waals surface area contributed by atoms with E-state index in [1.807, 2.05) is 0 Å². The van der Waals surface area contributed by atoms with E-state index in [0.717, 1.165) is 32.6 Å². The molecule has 0 aromatic carbocycles. The zero-order valence-corrected chi connectivity index (χ0v) is 12.3. The van der Waals surface area contributed by atoms with E-state index in [0.29, 0.717) is 24.7 Å². The number of methoxy groups -OCH3 is 1. The van der Waals surface area contributed by atoms with Crippen LogP contribution in [0.25, 0.3) is 0 Å². The Bertz CT molecular complexity index is 379. The highest BCUT2D eigenvalue weighted by Gasteiger charge is 2.33. The first-order valence-electron chi connectivity index (χ1n) is 6.84. The van der Waals surface area contributed by atoms with Crippen LogP contribution in [0, 0.1) is 0 Å². The molecule has 2 fully saturated rings. The van der Waals surface area contributed by atoms with E-state index < -0.39 is 15.9 Å². The molecule has 2 aliphatic rings. The van der Waals surface area contributed by atoms with Gasteiger partial charge < -0.3 is 9.84 Å². The molecule has 1 N–H and O–H groups in total. The van der Waals surface area contributed by atoms with Crippen LogP contribution in [-0.4, -0.2) is 93.4 Å². The molecule has 0 aromatic heterocycles. The number of rotatable bonds is 5. The number of aliphatic hydroxyl groups excluding tert-OH is 1. The molecule has 2 aliphatic heterocycles. The SMILES string of the molecule is COC[C@@H](O)CN1CCN([C@H]2CCS(=O)(=O)C2)CC1. The molecule has 2 heterocycles. The number of piperazine rings is 1. The lowest BCUT2D eigenvalue weighted by Gasteiger charge is -2.38. The minimum atomic E-state index is -2.80. The van der Waals surface area contributed by atoms with Crippen LogP contribution in [0.15, 0.2) is 0 Å². The second-order valence-corrected chi connectivity index (χ2v) is 7.73. The minimum Gasteiger partial charge on any atom is -0.389 e. The summed E-state index contributed by atoms with van der Waals surface area (Å²) < 4.78 is 27.9. The first-order chi connectivity index (χ1) is 9.00. The van der Waals surface area contributed by atoms with E-state index in [4.69, 9.17) is 4.74 Å². The summed E-state index contributed by atoms with van der Waals surface area (Å²) >= 11 is 0. The van der Waals surface area contributed by atoms with Crippen LogP contribution >= 0.6 is 0 Å². The lowest BCUT2D eigenvalue weighted by molar-refractivity contribution is 0.0196. The van der Waals surface area contributed by atoms with Crippen LogP contribution in [0.2, 0.25) is 0 Å².